The second kappa shape index (κ2) is 6.68. The lowest BCUT2D eigenvalue weighted by Gasteiger charge is -2.04. The molecular formula is C20H14F2N2O3. The molecular weight excluding hydrogens is 354 g/mol. The predicted octanol–water partition coefficient (Wildman–Crippen LogP) is 5.30. The monoisotopic (exact) mass is 368 g/mol. The Balaban J connectivity index is 1.70. The van der Waals surface area contributed by atoms with Gasteiger partial charge in [-0.25, -0.2) is 4.98 Å². The summed E-state index contributed by atoms with van der Waals surface area (Å²) in [6.07, 6.45) is 1.69. The summed E-state index contributed by atoms with van der Waals surface area (Å²) in [7, 11) is 0. The van der Waals surface area contributed by atoms with E-state index in [0.29, 0.717) is 5.56 Å². The number of ether oxygens (including phenoxy) is 1. The Morgan fingerprint density at radius 3 is 2.78 bits per heavy atom. The summed E-state index contributed by atoms with van der Waals surface area (Å²) in [5, 5.41) is 10.1. The van der Waals surface area contributed by atoms with Crippen LogP contribution in [0, 0.1) is 0 Å². The van der Waals surface area contributed by atoms with E-state index in [1.807, 2.05) is 31.2 Å². The van der Waals surface area contributed by atoms with E-state index in [9.17, 15) is 13.9 Å². The molecule has 1 aliphatic rings. The number of aromatic nitrogens is 1. The van der Waals surface area contributed by atoms with Crippen LogP contribution in [0.4, 0.5) is 14.5 Å². The first-order valence-electron chi connectivity index (χ1n) is 8.13. The summed E-state index contributed by atoms with van der Waals surface area (Å²) >= 11 is 0. The second-order valence-corrected chi connectivity index (χ2v) is 5.89. The first kappa shape index (κ1) is 17.0. The number of alkyl halides is 2. The summed E-state index contributed by atoms with van der Waals surface area (Å²) in [5.41, 5.74) is 4.05. The van der Waals surface area contributed by atoms with Crippen LogP contribution in [0.5, 0.6) is 11.7 Å². The molecule has 5 nitrogen and oxygen atoms in total. The summed E-state index contributed by atoms with van der Waals surface area (Å²) in [4.78, 5) is 8.76. The number of rotatable bonds is 4. The van der Waals surface area contributed by atoms with E-state index in [1.165, 1.54) is 18.2 Å². The molecule has 7 heteroatoms. The third-order valence-electron chi connectivity index (χ3n) is 4.09. The largest absolute Gasteiger partial charge is 0.479 e. The first-order valence-corrected chi connectivity index (χ1v) is 8.13. The van der Waals surface area contributed by atoms with Gasteiger partial charge in [0.1, 0.15) is 11.4 Å². The zero-order chi connectivity index (χ0) is 19.0. The van der Waals surface area contributed by atoms with Crippen molar-refractivity contribution in [1.82, 2.24) is 4.98 Å². The highest BCUT2D eigenvalue weighted by Gasteiger charge is 2.20. The van der Waals surface area contributed by atoms with Crippen molar-refractivity contribution in [1.29, 1.82) is 0 Å². The Bertz CT molecular complexity index is 1070. The average Bonchev–Trinajstić information content (AvgIpc) is 3.15. The molecule has 0 unspecified atom stereocenters. The van der Waals surface area contributed by atoms with Crippen molar-refractivity contribution in [3.63, 3.8) is 0 Å². The van der Waals surface area contributed by atoms with Crippen molar-refractivity contribution < 1.29 is 23.0 Å². The first-order chi connectivity index (χ1) is 13.0. The normalized spacial score (nSPS) is 14.5. The van der Waals surface area contributed by atoms with Crippen LogP contribution in [0.15, 0.2) is 57.9 Å². The van der Waals surface area contributed by atoms with Crippen LogP contribution in [0.3, 0.4) is 0 Å². The molecule has 0 spiro atoms. The van der Waals surface area contributed by atoms with Gasteiger partial charge >= 0.3 is 12.6 Å². The molecule has 0 bridgehead atoms. The summed E-state index contributed by atoms with van der Waals surface area (Å²) in [5.74, 6) is -0.289. The van der Waals surface area contributed by atoms with E-state index in [1.54, 1.807) is 12.1 Å². The predicted molar refractivity (Wildman–Crippen MR) is 97.3 cm³/mol. The highest BCUT2D eigenvalue weighted by molar-refractivity contribution is 6.31. The Morgan fingerprint density at radius 2 is 1.96 bits per heavy atom. The Morgan fingerprint density at radius 1 is 1.15 bits per heavy atom. The van der Waals surface area contributed by atoms with Crippen molar-refractivity contribution in [2.24, 2.45) is 4.99 Å². The van der Waals surface area contributed by atoms with Crippen LogP contribution in [-0.4, -0.2) is 22.4 Å². The molecule has 0 atom stereocenters. The zero-order valence-electron chi connectivity index (χ0n) is 14.2. The molecule has 1 aromatic heterocycles. The molecule has 0 amide bonds. The fourth-order valence-corrected chi connectivity index (χ4v) is 2.90. The number of oxazole rings is 1. The number of aromatic hydroxyl groups is 1. The molecule has 1 N–H and O–H groups in total. The van der Waals surface area contributed by atoms with Gasteiger partial charge in [-0.05, 0) is 37.3 Å². The van der Waals surface area contributed by atoms with Crippen LogP contribution < -0.4 is 4.74 Å². The maximum Gasteiger partial charge on any atom is 0.387 e. The Kier molecular flexibility index (Phi) is 4.19. The van der Waals surface area contributed by atoms with Crippen molar-refractivity contribution in [2.75, 3.05) is 0 Å². The van der Waals surface area contributed by atoms with Crippen molar-refractivity contribution in [3.05, 3.63) is 59.8 Å². The van der Waals surface area contributed by atoms with E-state index in [2.05, 4.69) is 14.7 Å². The van der Waals surface area contributed by atoms with E-state index < -0.39 is 6.61 Å². The quantitative estimate of drug-likeness (QED) is 0.679. The van der Waals surface area contributed by atoms with Gasteiger partial charge in [-0.1, -0.05) is 24.3 Å². The number of hydrogen-bond acceptors (Lipinski definition) is 5. The highest BCUT2D eigenvalue weighted by atomic mass is 19.3. The summed E-state index contributed by atoms with van der Waals surface area (Å²) in [6, 6.07) is 13.6. The van der Waals surface area contributed by atoms with E-state index in [4.69, 9.17) is 4.42 Å². The molecule has 0 fully saturated rings. The van der Waals surface area contributed by atoms with E-state index in [-0.39, 0.29) is 23.3 Å². The van der Waals surface area contributed by atoms with Gasteiger partial charge in [0.2, 0.25) is 5.89 Å². The second-order valence-electron chi connectivity index (χ2n) is 5.89. The maximum absolute atomic E-state index is 12.4. The minimum Gasteiger partial charge on any atom is -0.479 e. The average molecular weight is 368 g/mol. The minimum absolute atomic E-state index is 0.0206. The van der Waals surface area contributed by atoms with Crippen LogP contribution in [0.1, 0.15) is 18.2 Å². The van der Waals surface area contributed by atoms with Gasteiger partial charge in [-0.2, -0.15) is 8.78 Å². The fraction of sp³-hybridized carbons (Fsp3) is 0.100. The Labute approximate surface area is 153 Å². The number of hydrogen-bond donors (Lipinski definition) is 1. The molecule has 0 saturated carbocycles. The van der Waals surface area contributed by atoms with Crippen molar-refractivity contribution in [2.45, 2.75) is 13.5 Å². The number of benzene rings is 2. The molecule has 4 rings (SSSR count). The van der Waals surface area contributed by atoms with Gasteiger partial charge in [0.15, 0.2) is 0 Å². The fourth-order valence-electron chi connectivity index (χ4n) is 2.90. The minimum atomic E-state index is -2.93. The smallest absolute Gasteiger partial charge is 0.387 e. The van der Waals surface area contributed by atoms with E-state index in [0.717, 1.165) is 22.5 Å². The number of nitrogens with zero attached hydrogens (tertiary/aromatic N) is 2. The number of aliphatic imine (C=N–C) groups is 1. The molecule has 1 aliphatic heterocycles. The molecule has 0 radical (unpaired) electrons. The van der Waals surface area contributed by atoms with Crippen molar-refractivity contribution >= 4 is 23.0 Å². The van der Waals surface area contributed by atoms with Crippen molar-refractivity contribution in [3.8, 4) is 23.1 Å². The zero-order valence-corrected chi connectivity index (χ0v) is 14.2. The van der Waals surface area contributed by atoms with Gasteiger partial charge in [0.05, 0.1) is 5.69 Å². The lowest BCUT2D eigenvalue weighted by molar-refractivity contribution is -0.0498. The molecule has 27 heavy (non-hydrogen) atoms. The highest BCUT2D eigenvalue weighted by Crippen LogP contribution is 2.37. The molecule has 2 heterocycles. The molecule has 2 aromatic carbocycles. The van der Waals surface area contributed by atoms with Gasteiger partial charge in [0, 0.05) is 22.4 Å². The lowest BCUT2D eigenvalue weighted by Crippen LogP contribution is -2.01. The number of para-hydroxylation sites is 1. The Hall–Kier alpha value is -3.48. The van der Waals surface area contributed by atoms with Gasteiger partial charge in [-0.15, -0.1) is 0 Å². The standard InChI is InChI=1S/C20H14F2N2O3/c1-11-15(14-7-2-3-8-16(14)23-11)10-17-19(25)27-18(24-17)12-5-4-6-13(9-12)26-20(21)22/h2-10,20,25H,1H3/b15-10+. The van der Waals surface area contributed by atoms with E-state index >= 15 is 0 Å². The summed E-state index contributed by atoms with van der Waals surface area (Å²) in [6.45, 7) is -1.06. The third kappa shape index (κ3) is 3.31. The summed E-state index contributed by atoms with van der Waals surface area (Å²) < 4.78 is 34.5. The topological polar surface area (TPSA) is 67.9 Å². The third-order valence-corrected chi connectivity index (χ3v) is 4.09. The van der Waals surface area contributed by atoms with Gasteiger partial charge in [-0.3, -0.25) is 4.99 Å². The molecule has 0 saturated heterocycles. The number of halogens is 2. The van der Waals surface area contributed by atoms with Gasteiger partial charge < -0.3 is 14.3 Å². The van der Waals surface area contributed by atoms with Gasteiger partial charge in [0.25, 0.3) is 0 Å². The lowest BCUT2D eigenvalue weighted by atomic mass is 10.0. The molecule has 0 aliphatic carbocycles. The maximum atomic E-state index is 12.4. The van der Waals surface area contributed by atoms with Crippen LogP contribution >= 0.6 is 0 Å². The van der Waals surface area contributed by atoms with Crippen LogP contribution in [0.2, 0.25) is 0 Å². The number of fused-ring (bicyclic) bond motifs is 1. The van der Waals surface area contributed by atoms with Crippen LogP contribution in [-0.2, 0) is 0 Å². The van der Waals surface area contributed by atoms with Crippen LogP contribution in [0.25, 0.3) is 23.1 Å². The molecule has 136 valence electrons. The SMILES string of the molecule is CC1=Nc2ccccc2/C1=C/c1nc(-c2cccc(OC(F)F)c2)oc1O. The molecule has 3 aromatic rings. The number of allylic oxidation sites excluding steroid dienone is 1.